The van der Waals surface area contributed by atoms with Crippen LogP contribution >= 0.6 is 15.9 Å². The molecule has 0 aliphatic rings. The van der Waals surface area contributed by atoms with E-state index < -0.39 is 5.82 Å². The van der Waals surface area contributed by atoms with Crippen LogP contribution in [0.25, 0.3) is 0 Å². The minimum atomic E-state index is -0.417. The zero-order valence-corrected chi connectivity index (χ0v) is 13.2. The second-order valence-electron chi connectivity index (χ2n) is 4.27. The zero-order valence-electron chi connectivity index (χ0n) is 11.6. The maximum absolute atomic E-state index is 14.2. The SMILES string of the molecule is COCCNC(=O)CN(C)c1ccc(CN)c(Br)c1F. The predicted octanol–water partition coefficient (Wildman–Crippen LogP) is 1.25. The lowest BCUT2D eigenvalue weighted by Gasteiger charge is -2.20. The molecule has 1 amide bonds. The first-order valence-electron chi connectivity index (χ1n) is 6.15. The third kappa shape index (κ3) is 4.43. The molecule has 1 aromatic rings. The number of carbonyl (C=O) groups excluding carboxylic acids is 1. The highest BCUT2D eigenvalue weighted by atomic mass is 79.9. The first kappa shape index (κ1) is 16.9. The van der Waals surface area contributed by atoms with Gasteiger partial charge in [0.1, 0.15) is 0 Å². The van der Waals surface area contributed by atoms with Crippen molar-refractivity contribution in [3.63, 3.8) is 0 Å². The third-order valence-electron chi connectivity index (χ3n) is 2.78. The van der Waals surface area contributed by atoms with Crippen molar-refractivity contribution in [2.75, 3.05) is 38.8 Å². The van der Waals surface area contributed by atoms with Gasteiger partial charge in [0.15, 0.2) is 5.82 Å². The quantitative estimate of drug-likeness (QED) is 0.728. The molecular weight excluding hydrogens is 329 g/mol. The number of nitrogens with zero attached hydrogens (tertiary/aromatic N) is 1. The number of hydrogen-bond donors (Lipinski definition) is 2. The molecule has 1 rings (SSSR count). The van der Waals surface area contributed by atoms with Crippen molar-refractivity contribution in [1.82, 2.24) is 5.32 Å². The summed E-state index contributed by atoms with van der Waals surface area (Å²) in [5, 5.41) is 2.68. The number of benzene rings is 1. The van der Waals surface area contributed by atoms with Gasteiger partial charge >= 0.3 is 0 Å². The van der Waals surface area contributed by atoms with E-state index >= 15 is 0 Å². The van der Waals surface area contributed by atoms with Gasteiger partial charge < -0.3 is 20.7 Å². The molecule has 0 aromatic heterocycles. The molecule has 0 bridgehead atoms. The fraction of sp³-hybridized carbons (Fsp3) is 0.462. The van der Waals surface area contributed by atoms with Gasteiger partial charge in [-0.2, -0.15) is 0 Å². The summed E-state index contributed by atoms with van der Waals surface area (Å²) in [6.45, 7) is 1.19. The summed E-state index contributed by atoms with van der Waals surface area (Å²) < 4.78 is 19.3. The number of likely N-dealkylation sites (N-methyl/N-ethyl adjacent to an activating group) is 1. The summed E-state index contributed by atoms with van der Waals surface area (Å²) >= 11 is 3.18. The van der Waals surface area contributed by atoms with E-state index in [1.807, 2.05) is 0 Å². The summed E-state index contributed by atoms with van der Waals surface area (Å²) in [6.07, 6.45) is 0. The van der Waals surface area contributed by atoms with E-state index in [0.717, 1.165) is 0 Å². The molecule has 20 heavy (non-hydrogen) atoms. The second-order valence-corrected chi connectivity index (χ2v) is 5.07. The lowest BCUT2D eigenvalue weighted by Crippen LogP contribution is -2.37. The molecule has 0 aliphatic heterocycles. The van der Waals surface area contributed by atoms with Gasteiger partial charge in [0, 0.05) is 27.2 Å². The van der Waals surface area contributed by atoms with E-state index in [0.29, 0.717) is 28.9 Å². The van der Waals surface area contributed by atoms with E-state index in [4.69, 9.17) is 10.5 Å². The van der Waals surface area contributed by atoms with Gasteiger partial charge in [-0.1, -0.05) is 6.07 Å². The normalized spacial score (nSPS) is 10.4. The molecule has 112 valence electrons. The molecule has 1 aromatic carbocycles. The van der Waals surface area contributed by atoms with Gasteiger partial charge in [-0.25, -0.2) is 4.39 Å². The van der Waals surface area contributed by atoms with Crippen LogP contribution in [0.2, 0.25) is 0 Å². The van der Waals surface area contributed by atoms with Gasteiger partial charge in [0.05, 0.1) is 23.3 Å². The molecular formula is C13H19BrFN3O2. The van der Waals surface area contributed by atoms with Crippen LogP contribution in [0, 0.1) is 5.82 Å². The van der Waals surface area contributed by atoms with Crippen LogP contribution in [0.1, 0.15) is 5.56 Å². The highest BCUT2D eigenvalue weighted by molar-refractivity contribution is 9.10. The lowest BCUT2D eigenvalue weighted by molar-refractivity contribution is -0.119. The number of ether oxygens (including phenoxy) is 1. The molecule has 0 unspecified atom stereocenters. The molecule has 0 saturated carbocycles. The zero-order chi connectivity index (χ0) is 15.1. The molecule has 0 radical (unpaired) electrons. The number of amides is 1. The van der Waals surface area contributed by atoms with Crippen molar-refractivity contribution in [3.05, 3.63) is 28.0 Å². The van der Waals surface area contributed by atoms with Gasteiger partial charge in [-0.3, -0.25) is 4.79 Å². The van der Waals surface area contributed by atoms with Crippen LogP contribution in [-0.2, 0) is 16.1 Å². The Morgan fingerprint density at radius 2 is 2.25 bits per heavy atom. The topological polar surface area (TPSA) is 67.6 Å². The fourth-order valence-electron chi connectivity index (χ4n) is 1.68. The Labute approximate surface area is 126 Å². The molecule has 0 fully saturated rings. The maximum Gasteiger partial charge on any atom is 0.239 e. The largest absolute Gasteiger partial charge is 0.383 e. The molecule has 0 atom stereocenters. The lowest BCUT2D eigenvalue weighted by atomic mass is 10.2. The molecule has 3 N–H and O–H groups in total. The smallest absolute Gasteiger partial charge is 0.239 e. The van der Waals surface area contributed by atoms with Crippen LogP contribution in [0.3, 0.4) is 0 Å². The number of nitrogens with two attached hydrogens (primary N) is 1. The van der Waals surface area contributed by atoms with Crippen LogP contribution in [0.15, 0.2) is 16.6 Å². The van der Waals surface area contributed by atoms with Gasteiger partial charge in [-0.15, -0.1) is 0 Å². The highest BCUT2D eigenvalue weighted by Gasteiger charge is 2.15. The Hall–Kier alpha value is -1.18. The Balaban J connectivity index is 2.70. The second kappa shape index (κ2) is 8.18. The van der Waals surface area contributed by atoms with Gasteiger partial charge in [0.2, 0.25) is 5.91 Å². The number of nitrogens with one attached hydrogen (secondary N) is 1. The van der Waals surface area contributed by atoms with E-state index in [1.165, 1.54) is 0 Å². The van der Waals surface area contributed by atoms with Crippen molar-refractivity contribution in [2.45, 2.75) is 6.54 Å². The fourth-order valence-corrected chi connectivity index (χ4v) is 2.18. The highest BCUT2D eigenvalue weighted by Crippen LogP contribution is 2.28. The third-order valence-corrected chi connectivity index (χ3v) is 3.64. The molecule has 5 nitrogen and oxygen atoms in total. The minimum absolute atomic E-state index is 0.0645. The average Bonchev–Trinajstić information content (AvgIpc) is 2.41. The minimum Gasteiger partial charge on any atom is -0.383 e. The predicted molar refractivity (Wildman–Crippen MR) is 80.1 cm³/mol. The van der Waals surface area contributed by atoms with Gasteiger partial charge in [-0.05, 0) is 27.6 Å². The number of carbonyl (C=O) groups is 1. The molecule has 0 spiro atoms. The van der Waals surface area contributed by atoms with E-state index in [-0.39, 0.29) is 19.0 Å². The summed E-state index contributed by atoms with van der Waals surface area (Å²) in [7, 11) is 3.22. The summed E-state index contributed by atoms with van der Waals surface area (Å²) in [4.78, 5) is 13.2. The van der Waals surface area contributed by atoms with Crippen molar-refractivity contribution in [3.8, 4) is 0 Å². The van der Waals surface area contributed by atoms with Gasteiger partial charge in [0.25, 0.3) is 0 Å². The summed E-state index contributed by atoms with van der Waals surface area (Å²) in [5.41, 5.74) is 6.54. The van der Waals surface area contributed by atoms with Crippen molar-refractivity contribution >= 4 is 27.5 Å². The average molecular weight is 348 g/mol. The number of rotatable bonds is 7. The number of hydrogen-bond acceptors (Lipinski definition) is 4. The van der Waals surface area contributed by atoms with Crippen LogP contribution < -0.4 is 16.0 Å². The standard InChI is InChI=1S/C13H19BrFN3O2/c1-18(8-11(19)17-5-6-20-2)10-4-3-9(7-16)12(14)13(10)15/h3-4H,5-8,16H2,1-2H3,(H,17,19). The molecule has 0 saturated heterocycles. The van der Waals surface area contributed by atoms with Crippen LogP contribution in [0.4, 0.5) is 10.1 Å². The first-order chi connectivity index (χ1) is 9.51. The molecule has 0 aliphatic carbocycles. The van der Waals surface area contributed by atoms with Crippen molar-refractivity contribution in [2.24, 2.45) is 5.73 Å². The Morgan fingerprint density at radius 3 is 2.85 bits per heavy atom. The molecule has 0 heterocycles. The number of anilines is 1. The first-order valence-corrected chi connectivity index (χ1v) is 6.94. The summed E-state index contributed by atoms with van der Waals surface area (Å²) in [6, 6.07) is 3.35. The maximum atomic E-state index is 14.2. The number of halogens is 2. The van der Waals surface area contributed by atoms with E-state index in [9.17, 15) is 9.18 Å². The van der Waals surface area contributed by atoms with E-state index in [2.05, 4.69) is 21.2 Å². The Morgan fingerprint density at radius 1 is 1.55 bits per heavy atom. The van der Waals surface area contributed by atoms with Crippen molar-refractivity contribution in [1.29, 1.82) is 0 Å². The Kier molecular flexibility index (Phi) is 6.90. The number of methoxy groups -OCH3 is 1. The monoisotopic (exact) mass is 347 g/mol. The van der Waals surface area contributed by atoms with Crippen LogP contribution in [-0.4, -0.2) is 39.8 Å². The van der Waals surface area contributed by atoms with Crippen LogP contribution in [0.5, 0.6) is 0 Å². The van der Waals surface area contributed by atoms with E-state index in [1.54, 1.807) is 31.2 Å². The molecule has 7 heteroatoms. The Bertz CT molecular complexity index is 471. The summed E-state index contributed by atoms with van der Waals surface area (Å²) in [5.74, 6) is -0.608. The van der Waals surface area contributed by atoms with Crippen molar-refractivity contribution < 1.29 is 13.9 Å².